The van der Waals surface area contributed by atoms with Crippen LogP contribution in [0.4, 0.5) is 16.2 Å². The molecule has 29 heavy (non-hydrogen) atoms. The van der Waals surface area contributed by atoms with Gasteiger partial charge in [-0.25, -0.2) is 4.79 Å². The highest BCUT2D eigenvalue weighted by atomic mass is 16.5. The number of carbonyl (C=O) groups excluding carboxylic acids is 1. The molecule has 3 rings (SSSR count). The summed E-state index contributed by atoms with van der Waals surface area (Å²) in [5.41, 5.74) is 3.77. The Kier molecular flexibility index (Phi) is 6.11. The number of hydrogen-bond donors (Lipinski definition) is 1. The molecule has 2 amide bonds. The molecule has 1 atom stereocenters. The zero-order chi connectivity index (χ0) is 21.1. The van der Waals surface area contributed by atoms with E-state index < -0.39 is 6.09 Å². The topological polar surface area (TPSA) is 70.1 Å². The number of aryl methyl sites for hydroxylation is 2. The number of amides is 2. The number of anilines is 2. The second-order valence-corrected chi connectivity index (χ2v) is 7.43. The molecule has 2 aromatic rings. The Morgan fingerprint density at radius 1 is 1.07 bits per heavy atom. The highest BCUT2D eigenvalue weighted by Crippen LogP contribution is 2.39. The normalized spacial score (nSPS) is 15.8. The van der Waals surface area contributed by atoms with Crippen molar-refractivity contribution in [3.8, 4) is 5.75 Å². The molecule has 0 saturated heterocycles. The van der Waals surface area contributed by atoms with Gasteiger partial charge in [0.15, 0.2) is 0 Å². The van der Waals surface area contributed by atoms with E-state index in [0.717, 1.165) is 23.3 Å². The van der Waals surface area contributed by atoms with Crippen LogP contribution in [-0.4, -0.2) is 36.3 Å². The third kappa shape index (κ3) is 4.06. The Labute approximate surface area is 171 Å². The highest BCUT2D eigenvalue weighted by Gasteiger charge is 2.36. The average molecular weight is 396 g/mol. The van der Waals surface area contributed by atoms with Crippen LogP contribution in [0, 0.1) is 13.8 Å². The van der Waals surface area contributed by atoms with Gasteiger partial charge in [-0.2, -0.15) is 0 Å². The molecule has 1 N–H and O–H groups in total. The van der Waals surface area contributed by atoms with Crippen molar-refractivity contribution in [3.05, 3.63) is 53.1 Å². The largest absolute Gasteiger partial charge is 0.494 e. The zero-order valence-corrected chi connectivity index (χ0v) is 17.4. The average Bonchev–Trinajstić information content (AvgIpc) is 2.71. The van der Waals surface area contributed by atoms with E-state index in [1.165, 1.54) is 4.90 Å². The number of benzene rings is 2. The molecule has 0 bridgehead atoms. The van der Waals surface area contributed by atoms with E-state index in [1.807, 2.05) is 39.8 Å². The minimum absolute atomic E-state index is 0.139. The van der Waals surface area contributed by atoms with Crippen LogP contribution in [0.1, 0.15) is 48.2 Å². The molecule has 1 unspecified atom stereocenters. The number of hydrogen-bond acceptors (Lipinski definition) is 3. The third-order valence-corrected chi connectivity index (χ3v) is 5.40. The molecule has 154 valence electrons. The van der Waals surface area contributed by atoms with Crippen molar-refractivity contribution >= 4 is 23.4 Å². The van der Waals surface area contributed by atoms with Crippen molar-refractivity contribution < 1.29 is 19.4 Å². The summed E-state index contributed by atoms with van der Waals surface area (Å²) in [5, 5.41) is 9.80. The molecule has 1 heterocycles. The predicted molar refractivity (Wildman–Crippen MR) is 114 cm³/mol. The fourth-order valence-corrected chi connectivity index (χ4v) is 3.61. The van der Waals surface area contributed by atoms with Gasteiger partial charge in [0.25, 0.3) is 5.91 Å². The Morgan fingerprint density at radius 3 is 2.24 bits per heavy atom. The number of rotatable bonds is 5. The molecule has 1 aliphatic heterocycles. The zero-order valence-electron chi connectivity index (χ0n) is 17.4. The summed E-state index contributed by atoms with van der Waals surface area (Å²) in [6.07, 6.45) is 0.542. The number of carboxylic acid groups (broad SMARTS) is 1. The maximum absolute atomic E-state index is 13.3. The van der Waals surface area contributed by atoms with Crippen LogP contribution >= 0.6 is 0 Å². The molecule has 0 spiro atoms. The first kappa shape index (κ1) is 20.7. The van der Waals surface area contributed by atoms with E-state index in [1.54, 1.807) is 29.2 Å². The fraction of sp³-hybridized carbons (Fsp3) is 0.391. The van der Waals surface area contributed by atoms with Crippen molar-refractivity contribution in [1.82, 2.24) is 0 Å². The molecule has 0 aromatic heterocycles. The maximum Gasteiger partial charge on any atom is 0.412 e. The van der Waals surface area contributed by atoms with Gasteiger partial charge in [-0.15, -0.1) is 0 Å². The lowest BCUT2D eigenvalue weighted by atomic mass is 9.99. The lowest BCUT2D eigenvalue weighted by Gasteiger charge is -2.41. The van der Waals surface area contributed by atoms with Crippen molar-refractivity contribution in [1.29, 1.82) is 0 Å². The predicted octanol–water partition coefficient (Wildman–Crippen LogP) is 5.02. The summed E-state index contributed by atoms with van der Waals surface area (Å²) in [5.74, 6) is 0.595. The van der Waals surface area contributed by atoms with Crippen LogP contribution in [0.5, 0.6) is 5.75 Å². The first-order chi connectivity index (χ1) is 13.9. The van der Waals surface area contributed by atoms with Crippen LogP contribution in [0.3, 0.4) is 0 Å². The minimum Gasteiger partial charge on any atom is -0.494 e. The van der Waals surface area contributed by atoms with Gasteiger partial charge in [-0.1, -0.05) is 13.8 Å². The second kappa shape index (κ2) is 8.55. The van der Waals surface area contributed by atoms with Crippen LogP contribution in [0.25, 0.3) is 0 Å². The molecule has 6 nitrogen and oxygen atoms in total. The van der Waals surface area contributed by atoms with Gasteiger partial charge >= 0.3 is 6.09 Å². The molecular weight excluding hydrogens is 368 g/mol. The Morgan fingerprint density at radius 2 is 1.69 bits per heavy atom. The summed E-state index contributed by atoms with van der Waals surface area (Å²) < 4.78 is 5.60. The summed E-state index contributed by atoms with van der Waals surface area (Å²) >= 11 is 0. The molecule has 0 radical (unpaired) electrons. The quantitative estimate of drug-likeness (QED) is 0.771. The van der Waals surface area contributed by atoms with Gasteiger partial charge < -0.3 is 14.7 Å². The molecule has 1 aliphatic rings. The fourth-order valence-electron chi connectivity index (χ4n) is 3.61. The number of ether oxygens (including phenoxy) is 1. The molecule has 0 fully saturated rings. The van der Waals surface area contributed by atoms with Crippen LogP contribution in [0.2, 0.25) is 0 Å². The standard InChI is InChI=1S/C23H28N2O4/c1-5-11-29-19-9-7-17(8-10-19)22(26)24-14-18(6-2)25(23(27)28)21-13-16(4)15(3)12-20(21)24/h7-10,12-13,18H,5-6,11,14H2,1-4H3,(H,27,28). The molecular formula is C23H28N2O4. The van der Waals surface area contributed by atoms with Gasteiger partial charge in [-0.05, 0) is 74.2 Å². The summed E-state index contributed by atoms with van der Waals surface area (Å²) in [6.45, 7) is 8.86. The smallest absolute Gasteiger partial charge is 0.412 e. The first-order valence-corrected chi connectivity index (χ1v) is 10.1. The number of carbonyl (C=O) groups is 2. The number of nitrogens with zero attached hydrogens (tertiary/aromatic N) is 2. The maximum atomic E-state index is 13.3. The lowest BCUT2D eigenvalue weighted by Crippen LogP contribution is -2.52. The van der Waals surface area contributed by atoms with Crippen molar-refractivity contribution in [2.24, 2.45) is 0 Å². The minimum atomic E-state index is -0.995. The van der Waals surface area contributed by atoms with Gasteiger partial charge in [0.1, 0.15) is 5.75 Å². The summed E-state index contributed by atoms with van der Waals surface area (Å²) in [7, 11) is 0. The highest BCUT2D eigenvalue weighted by molar-refractivity contribution is 6.10. The number of fused-ring (bicyclic) bond motifs is 1. The first-order valence-electron chi connectivity index (χ1n) is 10.1. The van der Waals surface area contributed by atoms with Gasteiger partial charge in [0.05, 0.1) is 24.0 Å². The van der Waals surface area contributed by atoms with Gasteiger partial charge in [-0.3, -0.25) is 9.69 Å². The lowest BCUT2D eigenvalue weighted by molar-refractivity contribution is 0.0982. The van der Waals surface area contributed by atoms with E-state index >= 15 is 0 Å². The van der Waals surface area contributed by atoms with Crippen LogP contribution in [-0.2, 0) is 0 Å². The molecule has 0 saturated carbocycles. The molecule has 0 aliphatic carbocycles. The summed E-state index contributed by atoms with van der Waals surface area (Å²) in [4.78, 5) is 28.4. The monoisotopic (exact) mass is 396 g/mol. The third-order valence-electron chi connectivity index (χ3n) is 5.40. The SMILES string of the molecule is CCCOc1ccc(C(=O)N2CC(CC)N(C(=O)O)c3cc(C)c(C)cc32)cc1. The van der Waals surface area contributed by atoms with Crippen LogP contribution in [0.15, 0.2) is 36.4 Å². The summed E-state index contributed by atoms with van der Waals surface area (Å²) in [6, 6.07) is 10.6. The van der Waals surface area contributed by atoms with E-state index in [2.05, 4.69) is 0 Å². The van der Waals surface area contributed by atoms with Crippen LogP contribution < -0.4 is 14.5 Å². The van der Waals surface area contributed by atoms with E-state index in [0.29, 0.717) is 36.5 Å². The van der Waals surface area contributed by atoms with E-state index in [-0.39, 0.29) is 11.9 Å². The second-order valence-electron chi connectivity index (χ2n) is 7.43. The molecule has 6 heteroatoms. The Balaban J connectivity index is 2.00. The molecule has 2 aromatic carbocycles. The Hall–Kier alpha value is -3.02. The Bertz CT molecular complexity index is 908. The van der Waals surface area contributed by atoms with Crippen molar-refractivity contribution in [2.45, 2.75) is 46.6 Å². The van der Waals surface area contributed by atoms with Crippen molar-refractivity contribution in [3.63, 3.8) is 0 Å². The van der Waals surface area contributed by atoms with Crippen molar-refractivity contribution in [2.75, 3.05) is 23.0 Å². The van der Waals surface area contributed by atoms with Gasteiger partial charge in [0, 0.05) is 12.1 Å². The van der Waals surface area contributed by atoms with E-state index in [9.17, 15) is 14.7 Å². The van der Waals surface area contributed by atoms with Gasteiger partial charge in [0.2, 0.25) is 0 Å². The van der Waals surface area contributed by atoms with E-state index in [4.69, 9.17) is 4.74 Å².